The van der Waals surface area contributed by atoms with Crippen molar-refractivity contribution in [3.8, 4) is 0 Å². The molecule has 0 aliphatic carbocycles. The summed E-state index contributed by atoms with van der Waals surface area (Å²) in [5.74, 6) is 0.871. The fraction of sp³-hybridized carbons (Fsp3) is 0.500. The standard InChI is InChI=1S/C12H17N3/c1-7(2)9-5-10-12(14-6-13-10)11(15-9)8(3)4/h5-8H,1-4H3,(H,13,14). The first-order chi connectivity index (χ1) is 7.09. The minimum atomic E-state index is 0.423. The summed E-state index contributed by atoms with van der Waals surface area (Å²) in [6.45, 7) is 8.63. The molecular formula is C12H17N3. The second kappa shape index (κ2) is 3.65. The van der Waals surface area contributed by atoms with Crippen LogP contribution in [0.4, 0.5) is 0 Å². The van der Waals surface area contributed by atoms with Gasteiger partial charge in [0.1, 0.15) is 0 Å². The van der Waals surface area contributed by atoms with Gasteiger partial charge in [-0.25, -0.2) is 4.98 Å². The van der Waals surface area contributed by atoms with Crippen molar-refractivity contribution in [1.82, 2.24) is 15.0 Å². The van der Waals surface area contributed by atoms with Gasteiger partial charge in [-0.15, -0.1) is 0 Å². The SMILES string of the molecule is CC(C)c1cc2nc[nH]c2c(C(C)C)n1. The Morgan fingerprint density at radius 2 is 1.87 bits per heavy atom. The number of aromatic nitrogens is 3. The molecule has 0 amide bonds. The first-order valence-corrected chi connectivity index (χ1v) is 5.43. The highest BCUT2D eigenvalue weighted by Crippen LogP contribution is 2.24. The largest absolute Gasteiger partial charge is 0.343 e. The van der Waals surface area contributed by atoms with Crippen molar-refractivity contribution in [2.75, 3.05) is 0 Å². The quantitative estimate of drug-likeness (QED) is 0.814. The molecule has 2 rings (SSSR count). The van der Waals surface area contributed by atoms with Gasteiger partial charge in [-0.05, 0) is 17.9 Å². The molecule has 2 aromatic heterocycles. The summed E-state index contributed by atoms with van der Waals surface area (Å²) in [6.07, 6.45) is 1.74. The molecule has 0 aliphatic rings. The number of hydrogen-bond donors (Lipinski definition) is 1. The number of imidazole rings is 1. The topological polar surface area (TPSA) is 41.6 Å². The van der Waals surface area contributed by atoms with E-state index in [4.69, 9.17) is 4.98 Å². The van der Waals surface area contributed by atoms with Gasteiger partial charge < -0.3 is 4.98 Å². The lowest BCUT2D eigenvalue weighted by Gasteiger charge is -2.10. The van der Waals surface area contributed by atoms with Crippen LogP contribution in [0, 0.1) is 0 Å². The maximum atomic E-state index is 4.70. The number of aromatic amines is 1. The van der Waals surface area contributed by atoms with Crippen molar-refractivity contribution in [2.24, 2.45) is 0 Å². The molecule has 3 heteroatoms. The molecule has 2 heterocycles. The molecule has 0 bridgehead atoms. The molecule has 0 fully saturated rings. The van der Waals surface area contributed by atoms with Crippen molar-refractivity contribution in [2.45, 2.75) is 39.5 Å². The molecule has 1 N–H and O–H groups in total. The summed E-state index contributed by atoms with van der Waals surface area (Å²) in [4.78, 5) is 12.2. The van der Waals surface area contributed by atoms with Crippen LogP contribution in [0.5, 0.6) is 0 Å². The van der Waals surface area contributed by atoms with Gasteiger partial charge in [-0.1, -0.05) is 27.7 Å². The Kier molecular flexibility index (Phi) is 2.47. The van der Waals surface area contributed by atoms with Crippen molar-refractivity contribution >= 4 is 11.0 Å². The van der Waals surface area contributed by atoms with Gasteiger partial charge in [0.2, 0.25) is 0 Å². The monoisotopic (exact) mass is 203 g/mol. The lowest BCUT2D eigenvalue weighted by molar-refractivity contribution is 0.772. The van der Waals surface area contributed by atoms with Crippen molar-refractivity contribution in [3.05, 3.63) is 23.8 Å². The highest BCUT2D eigenvalue weighted by atomic mass is 14.9. The molecule has 3 nitrogen and oxygen atoms in total. The third-order valence-electron chi connectivity index (χ3n) is 2.60. The van der Waals surface area contributed by atoms with E-state index in [1.807, 2.05) is 0 Å². The number of hydrogen-bond acceptors (Lipinski definition) is 2. The Bertz CT molecular complexity index is 469. The number of fused-ring (bicyclic) bond motifs is 1. The van der Waals surface area contributed by atoms with Gasteiger partial charge in [0, 0.05) is 5.69 Å². The Morgan fingerprint density at radius 3 is 2.47 bits per heavy atom. The van der Waals surface area contributed by atoms with E-state index in [2.05, 4.69) is 43.7 Å². The van der Waals surface area contributed by atoms with Crippen LogP contribution in [0.1, 0.15) is 50.9 Å². The second-order valence-electron chi connectivity index (χ2n) is 4.54. The summed E-state index contributed by atoms with van der Waals surface area (Å²) in [7, 11) is 0. The molecule has 15 heavy (non-hydrogen) atoms. The van der Waals surface area contributed by atoms with Crippen molar-refractivity contribution in [1.29, 1.82) is 0 Å². The van der Waals surface area contributed by atoms with Crippen molar-refractivity contribution < 1.29 is 0 Å². The zero-order chi connectivity index (χ0) is 11.0. The number of rotatable bonds is 2. The molecule has 0 aromatic carbocycles. The molecule has 0 spiro atoms. The van der Waals surface area contributed by atoms with E-state index in [0.717, 1.165) is 22.4 Å². The Labute approximate surface area is 90.0 Å². The lowest BCUT2D eigenvalue weighted by atomic mass is 10.0. The number of nitrogens with one attached hydrogen (secondary N) is 1. The molecule has 2 aromatic rings. The Morgan fingerprint density at radius 1 is 1.13 bits per heavy atom. The van der Waals surface area contributed by atoms with E-state index in [0.29, 0.717) is 11.8 Å². The fourth-order valence-electron chi connectivity index (χ4n) is 1.70. The average molecular weight is 203 g/mol. The maximum Gasteiger partial charge on any atom is 0.0932 e. The van der Waals surface area contributed by atoms with Crippen LogP contribution in [-0.2, 0) is 0 Å². The van der Waals surface area contributed by atoms with Gasteiger partial charge in [0.15, 0.2) is 0 Å². The third-order valence-corrected chi connectivity index (χ3v) is 2.60. The lowest BCUT2D eigenvalue weighted by Crippen LogP contribution is -2.00. The van der Waals surface area contributed by atoms with Gasteiger partial charge in [0.25, 0.3) is 0 Å². The van der Waals surface area contributed by atoms with Crippen LogP contribution < -0.4 is 0 Å². The smallest absolute Gasteiger partial charge is 0.0932 e. The first kappa shape index (κ1) is 10.1. The van der Waals surface area contributed by atoms with Gasteiger partial charge in [0.05, 0.1) is 23.1 Å². The van der Waals surface area contributed by atoms with Gasteiger partial charge in [-0.2, -0.15) is 0 Å². The average Bonchev–Trinajstić information content (AvgIpc) is 2.62. The van der Waals surface area contributed by atoms with Crippen LogP contribution in [0.25, 0.3) is 11.0 Å². The summed E-state index contributed by atoms with van der Waals surface area (Å²) < 4.78 is 0. The predicted octanol–water partition coefficient (Wildman–Crippen LogP) is 3.20. The first-order valence-electron chi connectivity index (χ1n) is 5.43. The molecule has 0 saturated carbocycles. The summed E-state index contributed by atoms with van der Waals surface area (Å²) in [6, 6.07) is 2.07. The Balaban J connectivity index is 2.69. The van der Waals surface area contributed by atoms with Crippen LogP contribution in [0.3, 0.4) is 0 Å². The molecule has 0 unspecified atom stereocenters. The molecule has 0 atom stereocenters. The fourth-order valence-corrected chi connectivity index (χ4v) is 1.70. The second-order valence-corrected chi connectivity index (χ2v) is 4.54. The normalized spacial score (nSPS) is 11.9. The summed E-state index contributed by atoms with van der Waals surface area (Å²) in [5, 5.41) is 0. The molecule has 80 valence electrons. The highest BCUT2D eigenvalue weighted by Gasteiger charge is 2.12. The van der Waals surface area contributed by atoms with E-state index >= 15 is 0 Å². The van der Waals surface area contributed by atoms with E-state index < -0.39 is 0 Å². The molecule has 0 radical (unpaired) electrons. The molecule has 0 aliphatic heterocycles. The zero-order valence-electron chi connectivity index (χ0n) is 9.70. The maximum absolute atomic E-state index is 4.70. The third kappa shape index (κ3) is 1.74. The summed E-state index contributed by atoms with van der Waals surface area (Å²) in [5.41, 5.74) is 4.35. The number of pyridine rings is 1. The zero-order valence-corrected chi connectivity index (χ0v) is 9.70. The minimum Gasteiger partial charge on any atom is -0.343 e. The van der Waals surface area contributed by atoms with E-state index in [-0.39, 0.29) is 0 Å². The highest BCUT2D eigenvalue weighted by molar-refractivity contribution is 5.77. The van der Waals surface area contributed by atoms with Gasteiger partial charge >= 0.3 is 0 Å². The van der Waals surface area contributed by atoms with Gasteiger partial charge in [-0.3, -0.25) is 4.98 Å². The molecule has 0 saturated heterocycles. The number of nitrogens with zero attached hydrogens (tertiary/aromatic N) is 2. The van der Waals surface area contributed by atoms with Crippen molar-refractivity contribution in [3.63, 3.8) is 0 Å². The van der Waals surface area contributed by atoms with Crippen LogP contribution in [-0.4, -0.2) is 15.0 Å². The Hall–Kier alpha value is -1.38. The van der Waals surface area contributed by atoms with E-state index in [1.165, 1.54) is 0 Å². The van der Waals surface area contributed by atoms with E-state index in [1.54, 1.807) is 6.33 Å². The summed E-state index contributed by atoms with van der Waals surface area (Å²) >= 11 is 0. The van der Waals surface area contributed by atoms with Crippen LogP contribution >= 0.6 is 0 Å². The minimum absolute atomic E-state index is 0.423. The number of H-pyrrole nitrogens is 1. The van der Waals surface area contributed by atoms with Crippen LogP contribution in [0.15, 0.2) is 12.4 Å². The van der Waals surface area contributed by atoms with E-state index in [9.17, 15) is 0 Å². The predicted molar refractivity (Wildman–Crippen MR) is 62.1 cm³/mol. The molecular weight excluding hydrogens is 186 g/mol. The van der Waals surface area contributed by atoms with Crippen LogP contribution in [0.2, 0.25) is 0 Å².